The number of anilines is 1. The van der Waals surface area contributed by atoms with E-state index in [9.17, 15) is 35.2 Å². The predicted molar refractivity (Wildman–Crippen MR) is 83.3 cm³/mol. The Morgan fingerprint density at radius 3 is 2.48 bits per heavy atom. The lowest BCUT2D eigenvalue weighted by Gasteiger charge is -2.23. The highest BCUT2D eigenvalue weighted by Crippen LogP contribution is 2.34. The Morgan fingerprint density at radius 2 is 1.96 bits per heavy atom. The number of non-ortho nitro benzene ring substituents is 1. The molecule has 1 saturated carbocycles. The van der Waals surface area contributed by atoms with Gasteiger partial charge in [0.1, 0.15) is 5.69 Å². The summed E-state index contributed by atoms with van der Waals surface area (Å²) in [6.07, 6.45) is -2.43. The maximum absolute atomic E-state index is 11.2. The topological polar surface area (TPSA) is 188 Å². The van der Waals surface area contributed by atoms with Gasteiger partial charge in [0, 0.05) is 24.6 Å². The fourth-order valence-electron chi connectivity index (χ4n) is 2.91. The highest BCUT2D eigenvalue weighted by atomic mass is 16.6. The predicted octanol–water partition coefficient (Wildman–Crippen LogP) is 0.293. The van der Waals surface area contributed by atoms with Crippen molar-refractivity contribution in [3.63, 3.8) is 0 Å². The van der Waals surface area contributed by atoms with Crippen molar-refractivity contribution in [2.45, 2.75) is 24.6 Å². The molecule has 0 aliphatic heterocycles. The second-order valence-electron chi connectivity index (χ2n) is 5.61. The molecule has 1 fully saturated rings. The summed E-state index contributed by atoms with van der Waals surface area (Å²) in [7, 11) is 0. The Labute approximate surface area is 140 Å². The van der Waals surface area contributed by atoms with E-state index in [1.165, 1.54) is 0 Å². The molecule has 1 amide bonds. The zero-order chi connectivity index (χ0) is 18.7. The van der Waals surface area contributed by atoms with Crippen LogP contribution in [0.5, 0.6) is 0 Å². The van der Waals surface area contributed by atoms with Crippen molar-refractivity contribution in [1.82, 2.24) is 5.32 Å². The number of rotatable bonds is 6. The molecule has 1 aromatic carbocycles. The Hall–Kier alpha value is -2.99. The number of amides is 1. The van der Waals surface area contributed by atoms with Crippen molar-refractivity contribution in [2.75, 3.05) is 11.9 Å². The monoisotopic (exact) mass is 356 g/mol. The van der Waals surface area contributed by atoms with Crippen LogP contribution in [0.3, 0.4) is 0 Å². The molecule has 2 rings (SSSR count). The molecule has 1 aliphatic rings. The van der Waals surface area contributed by atoms with E-state index in [2.05, 4.69) is 10.6 Å². The first kappa shape index (κ1) is 18.4. The highest BCUT2D eigenvalue weighted by Gasteiger charge is 2.43. The van der Waals surface area contributed by atoms with E-state index >= 15 is 0 Å². The molecular weight excluding hydrogens is 340 g/mol. The Kier molecular flexibility index (Phi) is 5.34. The fourth-order valence-corrected chi connectivity index (χ4v) is 2.91. The van der Waals surface area contributed by atoms with Gasteiger partial charge in [0.2, 0.25) is 0 Å². The molecule has 0 heterocycles. The summed E-state index contributed by atoms with van der Waals surface area (Å²) in [5.41, 5.74) is -1.06. The van der Waals surface area contributed by atoms with Gasteiger partial charge in [-0.3, -0.25) is 20.2 Å². The van der Waals surface area contributed by atoms with Gasteiger partial charge in [0.15, 0.2) is 0 Å². The van der Waals surface area contributed by atoms with Crippen LogP contribution >= 0.6 is 0 Å². The van der Waals surface area contributed by atoms with Crippen LogP contribution in [0.4, 0.5) is 21.9 Å². The molecule has 4 atom stereocenters. The third-order valence-electron chi connectivity index (χ3n) is 4.10. The van der Waals surface area contributed by atoms with Gasteiger partial charge in [0.25, 0.3) is 11.4 Å². The molecule has 12 nitrogen and oxygen atoms in total. The number of hydrogen-bond donors (Lipinski definition) is 5. The van der Waals surface area contributed by atoms with Gasteiger partial charge in [-0.1, -0.05) is 0 Å². The largest absolute Gasteiger partial charge is 0.465 e. The minimum Gasteiger partial charge on any atom is -0.465 e. The molecule has 0 spiro atoms. The molecule has 12 heteroatoms. The molecular formula is C13H16N4O8. The molecule has 0 bridgehead atoms. The van der Waals surface area contributed by atoms with Crippen LogP contribution in [-0.2, 0) is 0 Å². The van der Waals surface area contributed by atoms with Crippen LogP contribution in [0.2, 0.25) is 0 Å². The average molecular weight is 356 g/mol. The Balaban J connectivity index is 2.31. The summed E-state index contributed by atoms with van der Waals surface area (Å²) in [5.74, 6) is -0.619. The summed E-state index contributed by atoms with van der Waals surface area (Å²) in [4.78, 5) is 31.2. The quantitative estimate of drug-likeness (QED) is 0.352. The molecule has 5 N–H and O–H groups in total. The van der Waals surface area contributed by atoms with Crippen LogP contribution in [0.25, 0.3) is 0 Å². The second kappa shape index (κ2) is 7.27. The summed E-state index contributed by atoms with van der Waals surface area (Å²) in [6.45, 7) is -0.389. The number of benzene rings is 1. The minimum atomic E-state index is -1.40. The van der Waals surface area contributed by atoms with E-state index < -0.39 is 51.4 Å². The Bertz CT molecular complexity index is 697. The lowest BCUT2D eigenvalue weighted by atomic mass is 10.1. The van der Waals surface area contributed by atoms with Crippen molar-refractivity contribution in [2.24, 2.45) is 5.92 Å². The first-order valence-electron chi connectivity index (χ1n) is 7.22. The van der Waals surface area contributed by atoms with E-state index in [1.807, 2.05) is 0 Å². The van der Waals surface area contributed by atoms with Gasteiger partial charge in [-0.25, -0.2) is 4.79 Å². The van der Waals surface area contributed by atoms with E-state index in [-0.39, 0.29) is 18.7 Å². The van der Waals surface area contributed by atoms with Crippen molar-refractivity contribution >= 4 is 23.2 Å². The zero-order valence-electron chi connectivity index (χ0n) is 12.7. The van der Waals surface area contributed by atoms with Crippen LogP contribution in [0, 0.1) is 26.1 Å². The standard InChI is InChI=1S/C13H16N4O8/c18-5-6-3-9(11(12(6)19)15-13(20)21)14-8-2-1-7(16(22)23)4-10(8)17(24)25/h1-2,4,6,9,11-12,14-15,18-19H,3,5H2,(H,20,21)/t6-,9-,11+,12-/m1/s1. The van der Waals surface area contributed by atoms with Crippen molar-refractivity contribution in [3.05, 3.63) is 38.4 Å². The number of nitrogens with one attached hydrogen (secondary N) is 2. The molecule has 25 heavy (non-hydrogen) atoms. The second-order valence-corrected chi connectivity index (χ2v) is 5.61. The van der Waals surface area contributed by atoms with Gasteiger partial charge in [-0.05, 0) is 12.5 Å². The lowest BCUT2D eigenvalue weighted by molar-refractivity contribution is -0.393. The minimum absolute atomic E-state index is 0.0522. The van der Waals surface area contributed by atoms with Gasteiger partial charge in [-0.15, -0.1) is 0 Å². The number of carbonyl (C=O) groups is 1. The van der Waals surface area contributed by atoms with E-state index in [0.717, 1.165) is 18.2 Å². The first-order valence-corrected chi connectivity index (χ1v) is 7.22. The molecule has 136 valence electrons. The SMILES string of the molecule is O=C(O)N[C@@H]1[C@H](O)[C@@H](CO)C[C@H]1Nc1ccc([N+](=O)[O-])cc1[N+](=O)[O-]. The number of nitro groups is 2. The maximum Gasteiger partial charge on any atom is 0.405 e. The fraction of sp³-hybridized carbons (Fsp3) is 0.462. The average Bonchev–Trinajstić information content (AvgIpc) is 2.83. The number of carboxylic acid groups (broad SMARTS) is 1. The van der Waals surface area contributed by atoms with Gasteiger partial charge in [-0.2, -0.15) is 0 Å². The van der Waals surface area contributed by atoms with Crippen LogP contribution in [-0.4, -0.2) is 56.1 Å². The van der Waals surface area contributed by atoms with Crippen molar-refractivity contribution in [3.8, 4) is 0 Å². The number of aliphatic hydroxyl groups excluding tert-OH is 2. The van der Waals surface area contributed by atoms with E-state index in [1.54, 1.807) is 0 Å². The molecule has 0 saturated heterocycles. The molecule has 1 aliphatic carbocycles. The molecule has 0 unspecified atom stereocenters. The molecule has 0 radical (unpaired) electrons. The van der Waals surface area contributed by atoms with Gasteiger partial charge in [0.05, 0.1) is 28.1 Å². The molecule has 1 aromatic rings. The lowest BCUT2D eigenvalue weighted by Crippen LogP contribution is -2.49. The summed E-state index contributed by atoms with van der Waals surface area (Å²) in [5, 5.41) is 55.0. The third-order valence-corrected chi connectivity index (χ3v) is 4.10. The first-order chi connectivity index (χ1) is 11.7. The number of nitro benzene ring substituents is 2. The third kappa shape index (κ3) is 3.92. The number of nitrogens with zero attached hydrogens (tertiary/aromatic N) is 2. The summed E-state index contributed by atoms with van der Waals surface area (Å²) >= 11 is 0. The van der Waals surface area contributed by atoms with Crippen LogP contribution in [0.1, 0.15) is 6.42 Å². The normalized spacial score (nSPS) is 25.4. The van der Waals surface area contributed by atoms with Gasteiger partial charge < -0.3 is 26.0 Å². The highest BCUT2D eigenvalue weighted by molar-refractivity contribution is 5.67. The van der Waals surface area contributed by atoms with E-state index in [0.29, 0.717) is 0 Å². The van der Waals surface area contributed by atoms with Crippen LogP contribution < -0.4 is 10.6 Å². The van der Waals surface area contributed by atoms with Crippen LogP contribution in [0.15, 0.2) is 18.2 Å². The molecule has 0 aromatic heterocycles. The van der Waals surface area contributed by atoms with Crippen molar-refractivity contribution < 1.29 is 30.0 Å². The Morgan fingerprint density at radius 1 is 1.28 bits per heavy atom. The number of aliphatic hydroxyl groups is 2. The zero-order valence-corrected chi connectivity index (χ0v) is 12.7. The van der Waals surface area contributed by atoms with Gasteiger partial charge >= 0.3 is 6.09 Å². The maximum atomic E-state index is 11.2. The van der Waals surface area contributed by atoms with E-state index in [4.69, 9.17) is 5.11 Å². The van der Waals surface area contributed by atoms with Crippen molar-refractivity contribution in [1.29, 1.82) is 0 Å². The summed E-state index contributed by atoms with van der Waals surface area (Å²) < 4.78 is 0. The summed E-state index contributed by atoms with van der Waals surface area (Å²) in [6, 6.07) is 1.25. The number of hydrogen-bond acceptors (Lipinski definition) is 8. The smallest absolute Gasteiger partial charge is 0.405 e.